The lowest BCUT2D eigenvalue weighted by Crippen LogP contribution is -2.41. The first-order valence-corrected chi connectivity index (χ1v) is 9.89. The van der Waals surface area contributed by atoms with E-state index in [9.17, 15) is 4.79 Å². The molecule has 5 heteroatoms. The van der Waals surface area contributed by atoms with Crippen molar-refractivity contribution in [2.45, 2.75) is 31.7 Å². The number of amides is 1. The molecule has 1 atom stereocenters. The molecule has 3 heterocycles. The molecule has 0 unspecified atom stereocenters. The van der Waals surface area contributed by atoms with Gasteiger partial charge in [0.25, 0.3) is 0 Å². The van der Waals surface area contributed by atoms with Crippen molar-refractivity contribution in [2.24, 2.45) is 0 Å². The van der Waals surface area contributed by atoms with Gasteiger partial charge in [-0.15, -0.1) is 11.3 Å². The standard InChI is InChI=1S/C20H24N2O2S/c1-24-16-8-9-17-15(13-16)5-2-10-21(17)14-20(23)22-11-3-6-18(22)19-7-4-12-25-19/h4,7-9,12-13,18H,2-3,5-6,10-11,14H2,1H3/t18-/m0/s1. The number of likely N-dealkylation sites (tertiary alicyclic amines) is 1. The van der Waals surface area contributed by atoms with E-state index in [1.165, 1.54) is 16.1 Å². The molecule has 0 saturated carbocycles. The highest BCUT2D eigenvalue weighted by Gasteiger charge is 2.32. The van der Waals surface area contributed by atoms with Crippen molar-refractivity contribution in [3.8, 4) is 5.75 Å². The number of thiophene rings is 1. The van der Waals surface area contributed by atoms with Gasteiger partial charge in [-0.2, -0.15) is 0 Å². The van der Waals surface area contributed by atoms with Crippen LogP contribution in [0.3, 0.4) is 0 Å². The van der Waals surface area contributed by atoms with Crippen LogP contribution in [0.2, 0.25) is 0 Å². The Morgan fingerprint density at radius 1 is 1.28 bits per heavy atom. The molecule has 4 rings (SSSR count). The predicted molar refractivity (Wildman–Crippen MR) is 102 cm³/mol. The number of aryl methyl sites for hydroxylation is 1. The van der Waals surface area contributed by atoms with Gasteiger partial charge in [-0.3, -0.25) is 4.79 Å². The first-order valence-electron chi connectivity index (χ1n) is 9.01. The van der Waals surface area contributed by atoms with Gasteiger partial charge in [0.15, 0.2) is 0 Å². The molecule has 0 N–H and O–H groups in total. The number of benzene rings is 1. The molecule has 1 saturated heterocycles. The van der Waals surface area contributed by atoms with Crippen molar-refractivity contribution < 1.29 is 9.53 Å². The lowest BCUT2D eigenvalue weighted by atomic mass is 10.0. The van der Waals surface area contributed by atoms with Gasteiger partial charge in [-0.1, -0.05) is 6.07 Å². The zero-order chi connectivity index (χ0) is 17.2. The van der Waals surface area contributed by atoms with Crippen LogP contribution in [0.5, 0.6) is 5.75 Å². The Hall–Kier alpha value is -2.01. The highest BCUT2D eigenvalue weighted by atomic mass is 32.1. The second-order valence-corrected chi connectivity index (χ2v) is 7.76. The Bertz CT molecular complexity index is 744. The zero-order valence-electron chi connectivity index (χ0n) is 14.6. The van der Waals surface area contributed by atoms with Crippen molar-refractivity contribution in [3.63, 3.8) is 0 Å². The molecule has 1 fully saturated rings. The van der Waals surface area contributed by atoms with Gasteiger partial charge in [-0.25, -0.2) is 0 Å². The van der Waals surface area contributed by atoms with Gasteiger partial charge >= 0.3 is 0 Å². The number of carbonyl (C=O) groups is 1. The molecule has 1 amide bonds. The summed E-state index contributed by atoms with van der Waals surface area (Å²) < 4.78 is 5.34. The summed E-state index contributed by atoms with van der Waals surface area (Å²) in [7, 11) is 1.70. The van der Waals surface area contributed by atoms with Gasteiger partial charge < -0.3 is 14.5 Å². The van der Waals surface area contributed by atoms with E-state index in [-0.39, 0.29) is 11.9 Å². The Labute approximate surface area is 153 Å². The number of nitrogens with zero attached hydrogens (tertiary/aromatic N) is 2. The van der Waals surface area contributed by atoms with Crippen molar-refractivity contribution in [2.75, 3.05) is 31.6 Å². The van der Waals surface area contributed by atoms with Gasteiger partial charge in [-0.05, 0) is 60.9 Å². The zero-order valence-corrected chi connectivity index (χ0v) is 15.4. The van der Waals surface area contributed by atoms with Gasteiger partial charge in [0.05, 0.1) is 19.7 Å². The van der Waals surface area contributed by atoms with E-state index in [1.807, 2.05) is 6.07 Å². The monoisotopic (exact) mass is 356 g/mol. The Balaban J connectivity index is 1.50. The van der Waals surface area contributed by atoms with Crippen LogP contribution in [0.15, 0.2) is 35.7 Å². The molecule has 2 aliphatic rings. The molecular formula is C20H24N2O2S. The Morgan fingerprint density at radius 3 is 3.00 bits per heavy atom. The minimum atomic E-state index is 0.250. The smallest absolute Gasteiger partial charge is 0.242 e. The average molecular weight is 356 g/mol. The van der Waals surface area contributed by atoms with Crippen LogP contribution in [0.1, 0.15) is 35.7 Å². The van der Waals surface area contributed by atoms with Gasteiger partial charge in [0.2, 0.25) is 5.91 Å². The van der Waals surface area contributed by atoms with Crippen molar-refractivity contribution in [1.82, 2.24) is 4.90 Å². The number of methoxy groups -OCH3 is 1. The first kappa shape index (κ1) is 16.5. The number of fused-ring (bicyclic) bond motifs is 1. The fourth-order valence-corrected chi connectivity index (χ4v) is 4.91. The normalized spacial score (nSPS) is 19.8. The van der Waals surface area contributed by atoms with Crippen molar-refractivity contribution in [1.29, 1.82) is 0 Å². The van der Waals surface area contributed by atoms with E-state index >= 15 is 0 Å². The number of hydrogen-bond acceptors (Lipinski definition) is 4. The van der Waals surface area contributed by atoms with E-state index < -0.39 is 0 Å². The molecule has 132 valence electrons. The third-order valence-corrected chi connectivity index (χ3v) is 6.25. The van der Waals surface area contributed by atoms with Crippen LogP contribution in [-0.2, 0) is 11.2 Å². The van der Waals surface area contributed by atoms with Crippen LogP contribution in [0.25, 0.3) is 0 Å². The van der Waals surface area contributed by atoms with Crippen molar-refractivity contribution >= 4 is 22.9 Å². The number of ether oxygens (including phenoxy) is 1. The molecule has 2 aromatic rings. The second kappa shape index (κ2) is 7.08. The Kier molecular flexibility index (Phi) is 4.66. The van der Waals surface area contributed by atoms with E-state index in [2.05, 4.69) is 39.4 Å². The SMILES string of the molecule is COc1ccc2c(c1)CCCN2CC(=O)N1CCC[C@H]1c1cccs1. The first-order chi connectivity index (χ1) is 12.3. The summed E-state index contributed by atoms with van der Waals surface area (Å²) in [6.45, 7) is 2.30. The molecule has 0 radical (unpaired) electrons. The quantitative estimate of drug-likeness (QED) is 0.834. The fourth-order valence-electron chi connectivity index (χ4n) is 4.04. The highest BCUT2D eigenvalue weighted by molar-refractivity contribution is 7.10. The third-order valence-electron chi connectivity index (χ3n) is 5.27. The second-order valence-electron chi connectivity index (χ2n) is 6.78. The average Bonchev–Trinajstić information content (AvgIpc) is 3.32. The van der Waals surface area contributed by atoms with Crippen LogP contribution >= 0.6 is 11.3 Å². The summed E-state index contributed by atoms with van der Waals surface area (Å²) in [6.07, 6.45) is 4.32. The van der Waals surface area contributed by atoms with Gasteiger partial charge in [0.1, 0.15) is 5.75 Å². The summed E-state index contributed by atoms with van der Waals surface area (Å²) in [5.74, 6) is 1.14. The van der Waals surface area contributed by atoms with Crippen LogP contribution in [0, 0.1) is 0 Å². The molecular weight excluding hydrogens is 332 g/mol. The topological polar surface area (TPSA) is 32.8 Å². The molecule has 0 spiro atoms. The van der Waals surface area contributed by atoms with E-state index in [0.29, 0.717) is 6.54 Å². The summed E-state index contributed by atoms with van der Waals surface area (Å²) in [4.78, 5) is 18.7. The maximum absolute atomic E-state index is 13.0. The summed E-state index contributed by atoms with van der Waals surface area (Å²) in [5, 5.41) is 2.10. The molecule has 0 aliphatic carbocycles. The number of anilines is 1. The van der Waals surface area contributed by atoms with Gasteiger partial charge in [0, 0.05) is 23.7 Å². The molecule has 1 aromatic heterocycles. The number of carbonyl (C=O) groups excluding carboxylic acids is 1. The maximum atomic E-state index is 13.0. The summed E-state index contributed by atoms with van der Waals surface area (Å²) in [5.41, 5.74) is 2.47. The molecule has 2 aliphatic heterocycles. The molecule has 25 heavy (non-hydrogen) atoms. The minimum Gasteiger partial charge on any atom is -0.497 e. The lowest BCUT2D eigenvalue weighted by Gasteiger charge is -2.33. The summed E-state index contributed by atoms with van der Waals surface area (Å²) in [6, 6.07) is 10.7. The number of rotatable bonds is 4. The molecule has 4 nitrogen and oxygen atoms in total. The van der Waals surface area contributed by atoms with E-state index in [4.69, 9.17) is 4.74 Å². The molecule has 0 bridgehead atoms. The van der Waals surface area contributed by atoms with Crippen molar-refractivity contribution in [3.05, 3.63) is 46.2 Å². The minimum absolute atomic E-state index is 0.250. The van der Waals surface area contributed by atoms with Crippen LogP contribution in [0.4, 0.5) is 5.69 Å². The Morgan fingerprint density at radius 2 is 2.20 bits per heavy atom. The maximum Gasteiger partial charge on any atom is 0.242 e. The summed E-state index contributed by atoms with van der Waals surface area (Å²) >= 11 is 1.76. The molecule has 1 aromatic carbocycles. The van der Waals surface area contributed by atoms with Crippen LogP contribution in [-0.4, -0.2) is 37.6 Å². The van der Waals surface area contributed by atoms with Crippen LogP contribution < -0.4 is 9.64 Å². The highest BCUT2D eigenvalue weighted by Crippen LogP contribution is 2.35. The number of hydrogen-bond donors (Lipinski definition) is 0. The lowest BCUT2D eigenvalue weighted by molar-refractivity contribution is -0.130. The largest absolute Gasteiger partial charge is 0.497 e. The third kappa shape index (κ3) is 3.25. The predicted octanol–water partition coefficient (Wildman–Crippen LogP) is 3.87. The fraction of sp³-hybridized carbons (Fsp3) is 0.450. The van der Waals surface area contributed by atoms with E-state index in [1.54, 1.807) is 18.4 Å². The van der Waals surface area contributed by atoms with E-state index in [0.717, 1.165) is 44.5 Å².